The molecule has 0 atom stereocenters. The Morgan fingerprint density at radius 1 is 1.17 bits per heavy atom. The minimum absolute atomic E-state index is 0.108. The topological polar surface area (TPSA) is 94.3 Å². The summed E-state index contributed by atoms with van der Waals surface area (Å²) < 4.78 is 38.9. The maximum absolute atomic E-state index is 12.7. The molecule has 1 aromatic heterocycles. The molecular formula is C20H20ClN3O4S. The molecule has 2 aromatic carbocycles. The summed E-state index contributed by atoms with van der Waals surface area (Å²) in [6.45, 7) is 3.93. The van der Waals surface area contributed by atoms with Crippen LogP contribution in [0.5, 0.6) is 5.75 Å². The fourth-order valence-corrected chi connectivity index (χ4v) is 4.24. The molecule has 29 heavy (non-hydrogen) atoms. The monoisotopic (exact) mass is 433 g/mol. The van der Waals surface area contributed by atoms with Gasteiger partial charge in [0.15, 0.2) is 0 Å². The Morgan fingerprint density at radius 3 is 2.69 bits per heavy atom. The van der Waals surface area contributed by atoms with Crippen LogP contribution in [0.1, 0.15) is 31.7 Å². The van der Waals surface area contributed by atoms with Gasteiger partial charge in [0.2, 0.25) is 21.7 Å². The molecule has 0 saturated heterocycles. The van der Waals surface area contributed by atoms with E-state index in [0.717, 1.165) is 29.7 Å². The first-order valence-corrected chi connectivity index (χ1v) is 11.0. The van der Waals surface area contributed by atoms with Gasteiger partial charge in [0, 0.05) is 10.6 Å². The summed E-state index contributed by atoms with van der Waals surface area (Å²) in [4.78, 5) is 4.40. The van der Waals surface area contributed by atoms with Crippen molar-refractivity contribution < 1.29 is 17.7 Å². The van der Waals surface area contributed by atoms with Gasteiger partial charge in [-0.2, -0.15) is 4.98 Å². The van der Waals surface area contributed by atoms with Crippen molar-refractivity contribution in [3.63, 3.8) is 0 Å². The quantitative estimate of drug-likeness (QED) is 0.654. The van der Waals surface area contributed by atoms with Gasteiger partial charge in [0.05, 0.1) is 11.4 Å². The molecular weight excluding hydrogens is 414 g/mol. The van der Waals surface area contributed by atoms with Crippen LogP contribution in [0.3, 0.4) is 0 Å². The molecule has 0 amide bonds. The van der Waals surface area contributed by atoms with Crippen molar-refractivity contribution >= 4 is 21.6 Å². The molecule has 152 valence electrons. The number of nitrogens with one attached hydrogen (secondary N) is 1. The van der Waals surface area contributed by atoms with Crippen LogP contribution in [-0.4, -0.2) is 24.2 Å². The highest BCUT2D eigenvalue weighted by Gasteiger charge is 2.28. The van der Waals surface area contributed by atoms with Crippen LogP contribution in [0.2, 0.25) is 5.02 Å². The largest absolute Gasteiger partial charge is 0.488 e. The second-order valence-corrected chi connectivity index (χ2v) is 9.68. The molecule has 1 aliphatic heterocycles. The summed E-state index contributed by atoms with van der Waals surface area (Å²) in [5.74, 6) is 1.26. The molecule has 0 aliphatic carbocycles. The van der Waals surface area contributed by atoms with Crippen LogP contribution in [-0.2, 0) is 23.0 Å². The average Bonchev–Trinajstić information content (AvgIpc) is 3.15. The third-order valence-electron chi connectivity index (χ3n) is 4.71. The fourth-order valence-electron chi connectivity index (χ4n) is 3.09. The van der Waals surface area contributed by atoms with Crippen LogP contribution in [0.4, 0.5) is 0 Å². The number of fused-ring (bicyclic) bond motifs is 1. The molecule has 1 aliphatic rings. The minimum atomic E-state index is -3.73. The maximum atomic E-state index is 12.7. The van der Waals surface area contributed by atoms with Gasteiger partial charge >= 0.3 is 0 Å². The molecule has 1 N–H and O–H groups in total. The number of sulfonamides is 1. The zero-order valence-corrected chi connectivity index (χ0v) is 17.5. The molecule has 0 saturated carbocycles. The van der Waals surface area contributed by atoms with Crippen molar-refractivity contribution in [1.29, 1.82) is 0 Å². The van der Waals surface area contributed by atoms with Gasteiger partial charge in [0.1, 0.15) is 11.4 Å². The second-order valence-electron chi connectivity index (χ2n) is 7.47. The third kappa shape index (κ3) is 4.44. The smallest absolute Gasteiger partial charge is 0.242 e. The van der Waals surface area contributed by atoms with Crippen molar-refractivity contribution in [3.05, 3.63) is 58.9 Å². The standard InChI is InChI=1S/C20H20ClN3O4S/c1-20(2)10-9-14-11-16(7-8-17(14)27-20)29(25,26)22-12-18-23-19(24-28-18)13-3-5-15(21)6-4-13/h3-8,11,22H,9-10,12H2,1-2H3. The number of rotatable bonds is 5. The maximum Gasteiger partial charge on any atom is 0.242 e. The van der Waals surface area contributed by atoms with Gasteiger partial charge in [-0.1, -0.05) is 16.8 Å². The highest BCUT2D eigenvalue weighted by Crippen LogP contribution is 2.34. The second kappa shape index (κ2) is 7.44. The van der Waals surface area contributed by atoms with Gasteiger partial charge in [-0.25, -0.2) is 13.1 Å². The van der Waals surface area contributed by atoms with E-state index in [1.807, 2.05) is 13.8 Å². The van der Waals surface area contributed by atoms with E-state index in [1.165, 1.54) is 6.07 Å². The van der Waals surface area contributed by atoms with E-state index in [0.29, 0.717) is 10.8 Å². The number of aryl methyl sites for hydroxylation is 1. The van der Waals surface area contributed by atoms with E-state index in [1.54, 1.807) is 36.4 Å². The molecule has 0 radical (unpaired) electrons. The molecule has 4 rings (SSSR count). The van der Waals surface area contributed by atoms with Crippen molar-refractivity contribution in [3.8, 4) is 17.1 Å². The Kier molecular flexibility index (Phi) is 5.10. The fraction of sp³-hybridized carbons (Fsp3) is 0.300. The van der Waals surface area contributed by atoms with Crippen LogP contribution < -0.4 is 9.46 Å². The van der Waals surface area contributed by atoms with Gasteiger partial charge < -0.3 is 9.26 Å². The lowest BCUT2D eigenvalue weighted by molar-refractivity contribution is 0.0845. The third-order valence-corrected chi connectivity index (χ3v) is 6.36. The lowest BCUT2D eigenvalue weighted by Gasteiger charge is -2.32. The van der Waals surface area contributed by atoms with Crippen molar-refractivity contribution in [2.24, 2.45) is 0 Å². The summed E-state index contributed by atoms with van der Waals surface area (Å²) in [6.07, 6.45) is 1.59. The van der Waals surface area contributed by atoms with Crippen LogP contribution in [0.15, 0.2) is 51.9 Å². The Bertz CT molecular complexity index is 1140. The Balaban J connectivity index is 1.47. The summed E-state index contributed by atoms with van der Waals surface area (Å²) >= 11 is 5.87. The number of ether oxygens (including phenoxy) is 1. The van der Waals surface area contributed by atoms with Crippen molar-refractivity contribution in [1.82, 2.24) is 14.9 Å². The number of aromatic nitrogens is 2. The van der Waals surface area contributed by atoms with Gasteiger partial charge in [-0.15, -0.1) is 0 Å². The Hall–Kier alpha value is -2.42. The SMILES string of the molecule is CC1(C)CCc2cc(S(=O)(=O)NCc3nc(-c4ccc(Cl)cc4)no3)ccc2O1. The highest BCUT2D eigenvalue weighted by molar-refractivity contribution is 7.89. The molecule has 9 heteroatoms. The molecule has 0 fully saturated rings. The predicted octanol–water partition coefficient (Wildman–Crippen LogP) is 3.97. The Labute approximate surface area is 174 Å². The molecule has 7 nitrogen and oxygen atoms in total. The minimum Gasteiger partial charge on any atom is -0.488 e. The van der Waals surface area contributed by atoms with Gasteiger partial charge in [-0.05, 0) is 74.7 Å². The van der Waals surface area contributed by atoms with E-state index in [4.69, 9.17) is 20.9 Å². The number of nitrogens with zero attached hydrogens (tertiary/aromatic N) is 2. The van der Waals surface area contributed by atoms with Crippen molar-refractivity contribution in [2.45, 2.75) is 43.7 Å². The summed E-state index contributed by atoms with van der Waals surface area (Å²) in [5, 5.41) is 4.48. The number of hydrogen-bond donors (Lipinski definition) is 1. The van der Waals surface area contributed by atoms with Crippen LogP contribution in [0, 0.1) is 0 Å². The number of halogens is 1. The van der Waals surface area contributed by atoms with E-state index >= 15 is 0 Å². The lowest BCUT2D eigenvalue weighted by atomic mass is 9.94. The summed E-state index contributed by atoms with van der Waals surface area (Å²) in [7, 11) is -3.73. The summed E-state index contributed by atoms with van der Waals surface area (Å²) in [6, 6.07) is 11.9. The highest BCUT2D eigenvalue weighted by atomic mass is 35.5. The molecule has 3 aromatic rings. The first-order chi connectivity index (χ1) is 13.7. The van der Waals surface area contributed by atoms with E-state index in [9.17, 15) is 8.42 Å². The zero-order chi connectivity index (χ0) is 20.6. The number of hydrogen-bond acceptors (Lipinski definition) is 6. The molecule has 0 unspecified atom stereocenters. The Morgan fingerprint density at radius 2 is 1.93 bits per heavy atom. The van der Waals surface area contributed by atoms with E-state index in [2.05, 4.69) is 14.9 Å². The average molecular weight is 434 g/mol. The van der Waals surface area contributed by atoms with E-state index < -0.39 is 10.0 Å². The molecule has 0 spiro atoms. The van der Waals surface area contributed by atoms with Gasteiger partial charge in [-0.3, -0.25) is 0 Å². The van der Waals surface area contributed by atoms with Crippen molar-refractivity contribution in [2.75, 3.05) is 0 Å². The van der Waals surface area contributed by atoms with Crippen LogP contribution in [0.25, 0.3) is 11.4 Å². The normalized spacial score (nSPS) is 15.6. The van der Waals surface area contributed by atoms with Gasteiger partial charge in [0.25, 0.3) is 0 Å². The predicted molar refractivity (Wildman–Crippen MR) is 108 cm³/mol. The first kappa shape index (κ1) is 19.9. The molecule has 0 bridgehead atoms. The van der Waals surface area contributed by atoms with E-state index in [-0.39, 0.29) is 22.9 Å². The lowest BCUT2D eigenvalue weighted by Crippen LogP contribution is -2.32. The first-order valence-electron chi connectivity index (χ1n) is 9.12. The molecule has 2 heterocycles. The number of benzene rings is 2. The summed E-state index contributed by atoms with van der Waals surface area (Å²) in [5.41, 5.74) is 1.37. The van der Waals surface area contributed by atoms with Crippen LogP contribution >= 0.6 is 11.6 Å². The zero-order valence-electron chi connectivity index (χ0n) is 16.0.